The standard InChI is InChI=1S/C22H31N3OS.C6H8O7/c1-5-18(14-25-10-6-7-11-25)24-21(26)13-20-22(23-17(4)27-20)19-12-15(2)8-9-16(19)3;7-3(8)1-6(13,5(11)12)2-4(9)10/h8-9,12,18H,5-7,10-11,13-14H2,1-4H3,(H,24,26);13H,1-2H2,(H,7,8)(H,9,10)(H,11,12). The van der Waals surface area contributed by atoms with Gasteiger partial charge >= 0.3 is 17.9 Å². The molecule has 0 aliphatic carbocycles. The zero-order chi connectivity index (χ0) is 30.0. The molecule has 1 amide bonds. The van der Waals surface area contributed by atoms with Crippen molar-refractivity contribution < 1.29 is 39.6 Å². The van der Waals surface area contributed by atoms with E-state index in [1.54, 1.807) is 11.3 Å². The number of carboxylic acids is 3. The van der Waals surface area contributed by atoms with Crippen molar-refractivity contribution in [2.45, 2.75) is 77.9 Å². The van der Waals surface area contributed by atoms with Crippen molar-refractivity contribution in [1.82, 2.24) is 15.2 Å². The summed E-state index contributed by atoms with van der Waals surface area (Å²) < 4.78 is 0. The molecule has 1 fully saturated rings. The van der Waals surface area contributed by atoms with Gasteiger partial charge in [0.05, 0.1) is 30.0 Å². The number of hydrogen-bond donors (Lipinski definition) is 5. The minimum Gasteiger partial charge on any atom is -0.481 e. The second-order valence-corrected chi connectivity index (χ2v) is 11.4. The minimum atomic E-state index is -2.74. The number of hydrogen-bond acceptors (Lipinski definition) is 8. The van der Waals surface area contributed by atoms with Gasteiger partial charge in [0, 0.05) is 23.0 Å². The third-order valence-electron chi connectivity index (χ3n) is 6.59. The first-order chi connectivity index (χ1) is 18.7. The number of carboxylic acid groups (broad SMARTS) is 3. The summed E-state index contributed by atoms with van der Waals surface area (Å²) in [6, 6.07) is 6.66. The lowest BCUT2D eigenvalue weighted by molar-refractivity contribution is -0.170. The molecule has 1 atom stereocenters. The molecule has 1 aliphatic heterocycles. The van der Waals surface area contributed by atoms with Crippen LogP contribution < -0.4 is 5.32 Å². The molecule has 1 aliphatic rings. The molecule has 1 saturated heterocycles. The first kappa shape index (κ1) is 32.9. The maximum absolute atomic E-state index is 12.7. The fourth-order valence-corrected chi connectivity index (χ4v) is 5.43. The van der Waals surface area contributed by atoms with E-state index in [9.17, 15) is 19.2 Å². The smallest absolute Gasteiger partial charge is 0.336 e. The van der Waals surface area contributed by atoms with Gasteiger partial charge in [-0.15, -0.1) is 11.3 Å². The highest BCUT2D eigenvalue weighted by Crippen LogP contribution is 2.31. The highest BCUT2D eigenvalue weighted by Gasteiger charge is 2.40. The summed E-state index contributed by atoms with van der Waals surface area (Å²) in [6.45, 7) is 11.7. The number of amides is 1. The van der Waals surface area contributed by atoms with Gasteiger partial charge in [-0.05, 0) is 64.8 Å². The van der Waals surface area contributed by atoms with E-state index in [0.29, 0.717) is 6.42 Å². The lowest BCUT2D eigenvalue weighted by Crippen LogP contribution is -2.43. The van der Waals surface area contributed by atoms with Gasteiger partial charge in [0.2, 0.25) is 5.91 Å². The van der Waals surface area contributed by atoms with E-state index in [-0.39, 0.29) is 11.9 Å². The fourth-order valence-electron chi connectivity index (χ4n) is 4.48. The molecule has 0 saturated carbocycles. The van der Waals surface area contributed by atoms with Crippen LogP contribution in [0, 0.1) is 20.8 Å². The van der Waals surface area contributed by atoms with Gasteiger partial charge in [-0.3, -0.25) is 14.4 Å². The minimum absolute atomic E-state index is 0.108. The number of aryl methyl sites for hydroxylation is 3. The third-order valence-corrected chi connectivity index (χ3v) is 7.56. The fraction of sp³-hybridized carbons (Fsp3) is 0.536. The normalized spacial score (nSPS) is 14.2. The second-order valence-electron chi connectivity index (χ2n) is 10.2. The predicted molar refractivity (Wildman–Crippen MR) is 150 cm³/mol. The highest BCUT2D eigenvalue weighted by molar-refractivity contribution is 7.12. The molecule has 1 unspecified atom stereocenters. The zero-order valence-corrected chi connectivity index (χ0v) is 24.2. The number of thiazole rings is 1. The predicted octanol–water partition coefficient (Wildman–Crippen LogP) is 3.02. The monoisotopic (exact) mass is 577 g/mol. The Morgan fingerprint density at radius 3 is 2.17 bits per heavy atom. The number of rotatable bonds is 12. The topological polar surface area (TPSA) is 177 Å². The van der Waals surface area contributed by atoms with Crippen LogP contribution in [0.15, 0.2) is 18.2 Å². The first-order valence-electron chi connectivity index (χ1n) is 13.2. The number of aliphatic hydroxyl groups is 1. The molecule has 40 heavy (non-hydrogen) atoms. The molecule has 2 heterocycles. The average molecular weight is 578 g/mol. The van der Waals surface area contributed by atoms with Gasteiger partial charge in [0.15, 0.2) is 5.60 Å². The Labute approximate surface area is 237 Å². The summed E-state index contributed by atoms with van der Waals surface area (Å²) in [6.07, 6.45) is 1.65. The number of benzene rings is 1. The molecule has 12 heteroatoms. The molecular formula is C28H39N3O8S. The van der Waals surface area contributed by atoms with Gasteiger partial charge in [-0.1, -0.05) is 24.6 Å². The summed E-state index contributed by atoms with van der Waals surface area (Å²) in [5.74, 6) is -4.91. The average Bonchev–Trinajstić information content (AvgIpc) is 3.48. The number of aliphatic carboxylic acids is 3. The number of nitrogens with one attached hydrogen (secondary N) is 1. The highest BCUT2D eigenvalue weighted by atomic mass is 32.1. The quantitative estimate of drug-likeness (QED) is 0.252. The Bertz CT molecular complexity index is 1190. The van der Waals surface area contributed by atoms with Crippen LogP contribution in [-0.2, 0) is 25.6 Å². The molecule has 1 aromatic carbocycles. The van der Waals surface area contributed by atoms with Crippen LogP contribution in [-0.4, -0.2) is 85.4 Å². The third kappa shape index (κ3) is 10.00. The van der Waals surface area contributed by atoms with Gasteiger partial charge < -0.3 is 30.6 Å². The molecule has 0 spiro atoms. The van der Waals surface area contributed by atoms with E-state index < -0.39 is 36.4 Å². The molecule has 220 valence electrons. The Kier molecular flexibility index (Phi) is 12.2. The molecule has 0 bridgehead atoms. The number of nitrogens with zero attached hydrogens (tertiary/aromatic N) is 2. The molecule has 1 aromatic heterocycles. The van der Waals surface area contributed by atoms with Crippen molar-refractivity contribution in [1.29, 1.82) is 0 Å². The van der Waals surface area contributed by atoms with Gasteiger partial charge in [0.1, 0.15) is 0 Å². The van der Waals surface area contributed by atoms with Crippen LogP contribution in [0.3, 0.4) is 0 Å². The van der Waals surface area contributed by atoms with E-state index in [2.05, 4.69) is 49.2 Å². The SMILES string of the molecule is CCC(CN1CCCC1)NC(=O)Cc1sc(C)nc1-c1cc(C)ccc1C.O=C(O)CC(O)(CC(=O)O)C(=O)O. The van der Waals surface area contributed by atoms with Crippen LogP contribution in [0.25, 0.3) is 11.3 Å². The van der Waals surface area contributed by atoms with Gasteiger partial charge in [-0.2, -0.15) is 0 Å². The number of likely N-dealkylation sites (tertiary alicyclic amines) is 1. The Morgan fingerprint density at radius 1 is 1.05 bits per heavy atom. The molecule has 2 aromatic rings. The Hall–Kier alpha value is -3.35. The van der Waals surface area contributed by atoms with E-state index in [0.717, 1.165) is 47.2 Å². The van der Waals surface area contributed by atoms with E-state index in [4.69, 9.17) is 25.4 Å². The number of carbonyl (C=O) groups excluding carboxylic acids is 1. The van der Waals surface area contributed by atoms with Gasteiger partial charge in [-0.25, -0.2) is 9.78 Å². The largest absolute Gasteiger partial charge is 0.481 e. The van der Waals surface area contributed by atoms with E-state index >= 15 is 0 Å². The molecule has 11 nitrogen and oxygen atoms in total. The van der Waals surface area contributed by atoms with E-state index in [1.165, 1.54) is 24.0 Å². The van der Waals surface area contributed by atoms with E-state index in [1.807, 2.05) is 6.92 Å². The number of aromatic nitrogens is 1. The lowest BCUT2D eigenvalue weighted by atomic mass is 9.96. The molecule has 0 radical (unpaired) electrons. The summed E-state index contributed by atoms with van der Waals surface area (Å²) in [5.41, 5.74) is 1.80. The second kappa shape index (κ2) is 14.9. The van der Waals surface area contributed by atoms with Crippen molar-refractivity contribution in [2.75, 3.05) is 19.6 Å². The van der Waals surface area contributed by atoms with Crippen LogP contribution in [0.1, 0.15) is 60.0 Å². The van der Waals surface area contributed by atoms with Gasteiger partial charge in [0.25, 0.3) is 0 Å². The molecular weight excluding hydrogens is 538 g/mol. The van der Waals surface area contributed by atoms with Crippen molar-refractivity contribution >= 4 is 35.2 Å². The maximum Gasteiger partial charge on any atom is 0.336 e. The van der Waals surface area contributed by atoms with Crippen LogP contribution in [0.2, 0.25) is 0 Å². The molecule has 3 rings (SSSR count). The van der Waals surface area contributed by atoms with Crippen LogP contribution in [0.5, 0.6) is 0 Å². The Morgan fingerprint density at radius 2 is 1.65 bits per heavy atom. The van der Waals surface area contributed by atoms with Crippen molar-refractivity contribution in [2.24, 2.45) is 0 Å². The number of carbonyl (C=O) groups is 4. The van der Waals surface area contributed by atoms with Crippen molar-refractivity contribution in [3.63, 3.8) is 0 Å². The lowest BCUT2D eigenvalue weighted by Gasteiger charge is -2.23. The van der Waals surface area contributed by atoms with Crippen LogP contribution in [0.4, 0.5) is 0 Å². The first-order valence-corrected chi connectivity index (χ1v) is 14.0. The molecule has 5 N–H and O–H groups in total. The summed E-state index contributed by atoms with van der Waals surface area (Å²) in [4.78, 5) is 51.5. The Balaban J connectivity index is 0.000000366. The maximum atomic E-state index is 12.7. The summed E-state index contributed by atoms with van der Waals surface area (Å²) in [7, 11) is 0. The van der Waals surface area contributed by atoms with Crippen molar-refractivity contribution in [3.8, 4) is 11.3 Å². The van der Waals surface area contributed by atoms with Crippen LogP contribution >= 0.6 is 11.3 Å². The zero-order valence-electron chi connectivity index (χ0n) is 23.4. The summed E-state index contributed by atoms with van der Waals surface area (Å²) in [5, 5.41) is 38.1. The summed E-state index contributed by atoms with van der Waals surface area (Å²) >= 11 is 1.64. The van der Waals surface area contributed by atoms with Crippen molar-refractivity contribution in [3.05, 3.63) is 39.2 Å².